The van der Waals surface area contributed by atoms with Gasteiger partial charge in [-0.05, 0) is 29.8 Å². The molecule has 0 aliphatic heterocycles. The van der Waals surface area contributed by atoms with Gasteiger partial charge in [0.25, 0.3) is 0 Å². The number of pyridine rings is 1. The van der Waals surface area contributed by atoms with E-state index in [1.807, 2.05) is 6.07 Å². The van der Waals surface area contributed by atoms with Gasteiger partial charge in [0.15, 0.2) is 15.2 Å². The van der Waals surface area contributed by atoms with Gasteiger partial charge < -0.3 is 5.73 Å². The highest BCUT2D eigenvalue weighted by Crippen LogP contribution is 2.34. The van der Waals surface area contributed by atoms with Crippen LogP contribution in [0, 0.1) is 5.82 Å². The molecule has 27 heavy (non-hydrogen) atoms. The van der Waals surface area contributed by atoms with E-state index in [1.165, 1.54) is 39.9 Å². The normalized spacial score (nSPS) is 11.0. The lowest BCUT2D eigenvalue weighted by Crippen LogP contribution is -2.04. The van der Waals surface area contributed by atoms with Crippen molar-refractivity contribution in [3.05, 3.63) is 65.2 Å². The molecule has 6 nitrogen and oxygen atoms in total. The highest BCUT2D eigenvalue weighted by atomic mass is 35.5. The number of benzene rings is 1. The minimum absolute atomic E-state index is 0.251. The van der Waals surface area contributed by atoms with E-state index >= 15 is 0 Å². The highest BCUT2D eigenvalue weighted by Gasteiger charge is 2.17. The van der Waals surface area contributed by atoms with Gasteiger partial charge in [0.1, 0.15) is 11.6 Å². The Labute approximate surface area is 167 Å². The molecule has 3 heterocycles. The number of hydrogen-bond donors (Lipinski definition) is 1. The first kappa shape index (κ1) is 17.9. The standard InChI is InChI=1S/C17H12ClFN6S2/c18-13-5-2-6-21-15(13)25-14(20)12(8-22-25)16-23-24-17(27-16)26-9-10-3-1-4-11(19)7-10/h1-8H,9,20H2. The summed E-state index contributed by atoms with van der Waals surface area (Å²) in [4.78, 5) is 4.21. The average molecular weight is 419 g/mol. The molecule has 0 aliphatic rings. The van der Waals surface area contributed by atoms with E-state index in [-0.39, 0.29) is 5.82 Å². The van der Waals surface area contributed by atoms with Crippen molar-refractivity contribution in [1.29, 1.82) is 0 Å². The molecule has 0 amide bonds. The molecular weight excluding hydrogens is 407 g/mol. The Morgan fingerprint density at radius 2 is 2.11 bits per heavy atom. The number of aromatic nitrogens is 5. The predicted molar refractivity (Wildman–Crippen MR) is 106 cm³/mol. The maximum absolute atomic E-state index is 13.3. The number of nitrogens with zero attached hydrogens (tertiary/aromatic N) is 5. The zero-order valence-corrected chi connectivity index (χ0v) is 16.1. The zero-order valence-electron chi connectivity index (χ0n) is 13.7. The smallest absolute Gasteiger partial charge is 0.174 e. The van der Waals surface area contributed by atoms with Gasteiger partial charge in [-0.1, -0.05) is 46.8 Å². The number of hydrogen-bond acceptors (Lipinski definition) is 7. The first-order valence-electron chi connectivity index (χ1n) is 7.77. The van der Waals surface area contributed by atoms with E-state index in [2.05, 4.69) is 20.3 Å². The SMILES string of the molecule is Nc1c(-c2nnc(SCc3cccc(F)c3)s2)cnn1-c1ncccc1Cl. The van der Waals surface area contributed by atoms with E-state index in [0.717, 1.165) is 9.90 Å². The van der Waals surface area contributed by atoms with E-state index in [9.17, 15) is 4.39 Å². The molecule has 0 unspecified atom stereocenters. The van der Waals surface area contributed by atoms with Crippen LogP contribution in [0.1, 0.15) is 5.56 Å². The van der Waals surface area contributed by atoms with Crippen LogP contribution >= 0.6 is 34.7 Å². The Morgan fingerprint density at radius 1 is 1.22 bits per heavy atom. The van der Waals surface area contributed by atoms with Crippen molar-refractivity contribution in [2.24, 2.45) is 0 Å². The maximum atomic E-state index is 13.3. The van der Waals surface area contributed by atoms with Gasteiger partial charge in [-0.15, -0.1) is 10.2 Å². The van der Waals surface area contributed by atoms with Crippen LogP contribution in [0.2, 0.25) is 5.02 Å². The monoisotopic (exact) mass is 418 g/mol. The molecular formula is C17H12ClFN6S2. The van der Waals surface area contributed by atoms with Gasteiger partial charge in [-0.3, -0.25) is 0 Å². The summed E-state index contributed by atoms with van der Waals surface area (Å²) in [5.74, 6) is 1.19. The number of anilines is 1. The van der Waals surface area contributed by atoms with Crippen LogP contribution in [0.4, 0.5) is 10.2 Å². The molecule has 0 saturated heterocycles. The quantitative estimate of drug-likeness (QED) is 0.482. The van der Waals surface area contributed by atoms with E-state index in [0.29, 0.717) is 33.0 Å². The predicted octanol–water partition coefficient (Wildman–Crippen LogP) is 4.45. The van der Waals surface area contributed by atoms with E-state index < -0.39 is 0 Å². The summed E-state index contributed by atoms with van der Waals surface area (Å²) in [6.07, 6.45) is 3.23. The number of rotatable bonds is 5. The molecule has 1 aromatic carbocycles. The first-order valence-corrected chi connectivity index (χ1v) is 9.95. The van der Waals surface area contributed by atoms with Gasteiger partial charge in [0.05, 0.1) is 16.8 Å². The van der Waals surface area contributed by atoms with Crippen molar-refractivity contribution < 1.29 is 4.39 Å². The average Bonchev–Trinajstić information content (AvgIpc) is 3.27. The molecule has 0 radical (unpaired) electrons. The Kier molecular flexibility index (Phi) is 5.06. The van der Waals surface area contributed by atoms with Crippen LogP contribution in [0.15, 0.2) is 53.1 Å². The van der Waals surface area contributed by atoms with Crippen molar-refractivity contribution in [2.75, 3.05) is 5.73 Å². The molecule has 0 saturated carbocycles. The van der Waals surface area contributed by atoms with Crippen LogP contribution in [-0.2, 0) is 5.75 Å². The molecule has 10 heteroatoms. The number of nitrogen functional groups attached to an aromatic ring is 1. The van der Waals surface area contributed by atoms with Crippen LogP contribution in [0.5, 0.6) is 0 Å². The largest absolute Gasteiger partial charge is 0.383 e. The Hall–Kier alpha value is -2.49. The van der Waals surface area contributed by atoms with Gasteiger partial charge in [-0.25, -0.2) is 9.37 Å². The van der Waals surface area contributed by atoms with Crippen molar-refractivity contribution in [3.63, 3.8) is 0 Å². The molecule has 3 aromatic heterocycles. The van der Waals surface area contributed by atoms with Crippen LogP contribution in [0.3, 0.4) is 0 Å². The van der Waals surface area contributed by atoms with Crippen LogP contribution in [-0.4, -0.2) is 25.0 Å². The first-order chi connectivity index (χ1) is 13.1. The molecule has 2 N–H and O–H groups in total. The second-order valence-electron chi connectivity index (χ2n) is 5.46. The topological polar surface area (TPSA) is 82.5 Å². The van der Waals surface area contributed by atoms with Gasteiger partial charge in [0.2, 0.25) is 0 Å². The summed E-state index contributed by atoms with van der Waals surface area (Å²) >= 11 is 9.05. The third-order valence-corrected chi connectivity index (χ3v) is 6.09. The van der Waals surface area contributed by atoms with Gasteiger partial charge >= 0.3 is 0 Å². The van der Waals surface area contributed by atoms with Crippen molar-refractivity contribution in [3.8, 4) is 16.4 Å². The lowest BCUT2D eigenvalue weighted by molar-refractivity contribution is 0.626. The summed E-state index contributed by atoms with van der Waals surface area (Å²) in [5, 5.41) is 13.7. The van der Waals surface area contributed by atoms with Crippen molar-refractivity contribution in [2.45, 2.75) is 10.1 Å². The van der Waals surface area contributed by atoms with Crippen molar-refractivity contribution in [1.82, 2.24) is 25.0 Å². The molecule has 0 bridgehead atoms. The number of thioether (sulfide) groups is 1. The van der Waals surface area contributed by atoms with E-state index in [4.69, 9.17) is 17.3 Å². The summed E-state index contributed by atoms with van der Waals surface area (Å²) in [7, 11) is 0. The lowest BCUT2D eigenvalue weighted by Gasteiger charge is -2.04. The molecule has 0 fully saturated rings. The minimum Gasteiger partial charge on any atom is -0.383 e. The van der Waals surface area contributed by atoms with Gasteiger partial charge in [-0.2, -0.15) is 9.78 Å². The minimum atomic E-state index is -0.251. The molecule has 0 aliphatic carbocycles. The zero-order chi connectivity index (χ0) is 18.8. The number of halogens is 2. The second-order valence-corrected chi connectivity index (χ2v) is 8.06. The van der Waals surface area contributed by atoms with E-state index in [1.54, 1.807) is 30.6 Å². The molecule has 4 aromatic rings. The third-order valence-electron chi connectivity index (χ3n) is 3.63. The number of nitrogens with two attached hydrogens (primary N) is 1. The van der Waals surface area contributed by atoms with Crippen LogP contribution < -0.4 is 5.73 Å². The Balaban J connectivity index is 1.54. The maximum Gasteiger partial charge on any atom is 0.174 e. The Morgan fingerprint density at radius 3 is 2.93 bits per heavy atom. The fourth-order valence-corrected chi connectivity index (χ4v) is 4.39. The second kappa shape index (κ2) is 7.63. The molecule has 0 spiro atoms. The summed E-state index contributed by atoms with van der Waals surface area (Å²) in [6, 6.07) is 9.94. The molecule has 4 rings (SSSR count). The third kappa shape index (κ3) is 3.80. The lowest BCUT2D eigenvalue weighted by atomic mass is 10.2. The molecule has 0 atom stereocenters. The Bertz CT molecular complexity index is 1100. The van der Waals surface area contributed by atoms with Crippen molar-refractivity contribution >= 4 is 40.5 Å². The fraction of sp³-hybridized carbons (Fsp3) is 0.0588. The molecule has 136 valence electrons. The highest BCUT2D eigenvalue weighted by molar-refractivity contribution is 8.00. The van der Waals surface area contributed by atoms with Gasteiger partial charge in [0, 0.05) is 11.9 Å². The van der Waals surface area contributed by atoms with Crippen LogP contribution in [0.25, 0.3) is 16.4 Å². The summed E-state index contributed by atoms with van der Waals surface area (Å²) in [6.45, 7) is 0. The fourth-order valence-electron chi connectivity index (χ4n) is 2.37. The summed E-state index contributed by atoms with van der Waals surface area (Å²) < 4.78 is 15.5. The summed E-state index contributed by atoms with van der Waals surface area (Å²) in [5.41, 5.74) is 7.76.